The maximum atomic E-state index is 13.4. The van der Waals surface area contributed by atoms with Crippen LogP contribution in [0.3, 0.4) is 0 Å². The molecular formula is C11H3F5O2S. The van der Waals surface area contributed by atoms with Gasteiger partial charge in [0, 0.05) is 4.88 Å². The van der Waals surface area contributed by atoms with Gasteiger partial charge in [0.1, 0.15) is 4.88 Å². The van der Waals surface area contributed by atoms with Gasteiger partial charge in [0.2, 0.25) is 5.82 Å². The van der Waals surface area contributed by atoms with E-state index in [0.717, 1.165) is 12.1 Å². The molecule has 8 heteroatoms. The van der Waals surface area contributed by atoms with Gasteiger partial charge >= 0.3 is 5.97 Å². The number of carboxylic acid groups (broad SMARTS) is 1. The molecular weight excluding hydrogens is 291 g/mol. The minimum Gasteiger partial charge on any atom is -0.477 e. The summed E-state index contributed by atoms with van der Waals surface area (Å²) in [6.45, 7) is 0. The zero-order chi connectivity index (χ0) is 14.3. The number of hydrogen-bond donors (Lipinski definition) is 1. The number of aromatic carboxylic acids is 1. The fraction of sp³-hybridized carbons (Fsp3) is 0. The highest BCUT2D eigenvalue weighted by Crippen LogP contribution is 2.35. The molecule has 2 rings (SSSR count). The molecule has 0 radical (unpaired) electrons. The predicted molar refractivity (Wildman–Crippen MR) is 56.5 cm³/mol. The Morgan fingerprint density at radius 3 is 1.79 bits per heavy atom. The third-order valence-electron chi connectivity index (χ3n) is 2.27. The van der Waals surface area contributed by atoms with Crippen molar-refractivity contribution >= 4 is 17.3 Å². The van der Waals surface area contributed by atoms with Crippen LogP contribution < -0.4 is 0 Å². The van der Waals surface area contributed by atoms with Crippen LogP contribution in [0.2, 0.25) is 0 Å². The summed E-state index contributed by atoms with van der Waals surface area (Å²) in [6.07, 6.45) is 0. The van der Waals surface area contributed by atoms with Crippen molar-refractivity contribution in [3.63, 3.8) is 0 Å². The van der Waals surface area contributed by atoms with Gasteiger partial charge in [0.05, 0.1) is 5.56 Å². The maximum absolute atomic E-state index is 13.4. The summed E-state index contributed by atoms with van der Waals surface area (Å²) >= 11 is 0.410. The Morgan fingerprint density at radius 2 is 1.37 bits per heavy atom. The molecule has 0 spiro atoms. The number of halogens is 5. The molecule has 0 aliphatic carbocycles. The minimum absolute atomic E-state index is 0.279. The topological polar surface area (TPSA) is 37.3 Å². The van der Waals surface area contributed by atoms with Crippen molar-refractivity contribution in [3.8, 4) is 10.4 Å². The minimum atomic E-state index is -2.26. The Hall–Kier alpha value is -1.96. The SMILES string of the molecule is O=C(O)c1ccc(-c2c(F)c(F)c(F)c(F)c2F)s1. The Kier molecular flexibility index (Phi) is 3.27. The Bertz CT molecular complexity index is 651. The Labute approximate surface area is 106 Å². The van der Waals surface area contributed by atoms with Gasteiger partial charge in [-0.25, -0.2) is 26.7 Å². The van der Waals surface area contributed by atoms with Crippen LogP contribution in [-0.4, -0.2) is 11.1 Å². The predicted octanol–water partition coefficient (Wildman–Crippen LogP) is 3.81. The summed E-state index contributed by atoms with van der Waals surface area (Å²) in [5.41, 5.74) is -1.13. The lowest BCUT2D eigenvalue weighted by atomic mass is 10.1. The summed E-state index contributed by atoms with van der Waals surface area (Å²) in [4.78, 5) is 9.98. The highest BCUT2D eigenvalue weighted by atomic mass is 32.1. The van der Waals surface area contributed by atoms with Crippen molar-refractivity contribution in [2.45, 2.75) is 0 Å². The second kappa shape index (κ2) is 4.61. The fourth-order valence-electron chi connectivity index (χ4n) is 1.41. The molecule has 1 heterocycles. The number of rotatable bonds is 2. The van der Waals surface area contributed by atoms with Gasteiger partial charge in [-0.2, -0.15) is 0 Å². The quantitative estimate of drug-likeness (QED) is 0.519. The highest BCUT2D eigenvalue weighted by Gasteiger charge is 2.27. The van der Waals surface area contributed by atoms with E-state index in [9.17, 15) is 26.7 Å². The molecule has 0 unspecified atom stereocenters. The van der Waals surface area contributed by atoms with E-state index in [-0.39, 0.29) is 9.75 Å². The van der Waals surface area contributed by atoms with Crippen LogP contribution >= 0.6 is 11.3 Å². The molecule has 1 aromatic carbocycles. The van der Waals surface area contributed by atoms with Gasteiger partial charge in [0.25, 0.3) is 0 Å². The van der Waals surface area contributed by atoms with Gasteiger partial charge in [-0.1, -0.05) is 0 Å². The van der Waals surface area contributed by atoms with Crippen molar-refractivity contribution in [1.82, 2.24) is 0 Å². The van der Waals surface area contributed by atoms with E-state index in [4.69, 9.17) is 5.11 Å². The zero-order valence-corrected chi connectivity index (χ0v) is 9.62. The number of carboxylic acids is 1. The largest absolute Gasteiger partial charge is 0.477 e. The highest BCUT2D eigenvalue weighted by molar-refractivity contribution is 7.17. The second-order valence-electron chi connectivity index (χ2n) is 3.41. The first kappa shape index (κ1) is 13.5. The van der Waals surface area contributed by atoms with Crippen LogP contribution in [0, 0.1) is 29.1 Å². The Morgan fingerprint density at radius 1 is 0.895 bits per heavy atom. The first-order valence-corrected chi connectivity index (χ1v) is 5.51. The van der Waals surface area contributed by atoms with Gasteiger partial charge in [0.15, 0.2) is 23.3 Å². The molecule has 0 atom stereocenters. The average molecular weight is 294 g/mol. The van der Waals surface area contributed by atoms with Gasteiger partial charge in [-0.15, -0.1) is 11.3 Å². The normalized spacial score (nSPS) is 10.8. The molecule has 0 aliphatic rings. The molecule has 19 heavy (non-hydrogen) atoms. The van der Waals surface area contributed by atoms with E-state index in [2.05, 4.69) is 0 Å². The summed E-state index contributed by atoms with van der Waals surface area (Å²) in [7, 11) is 0. The number of hydrogen-bond acceptors (Lipinski definition) is 2. The van der Waals surface area contributed by atoms with Gasteiger partial charge in [-0.3, -0.25) is 0 Å². The van der Waals surface area contributed by atoms with Crippen molar-refractivity contribution in [1.29, 1.82) is 0 Å². The van der Waals surface area contributed by atoms with Crippen LogP contribution in [0.1, 0.15) is 9.67 Å². The average Bonchev–Trinajstić information content (AvgIpc) is 2.84. The van der Waals surface area contributed by atoms with Crippen molar-refractivity contribution in [2.24, 2.45) is 0 Å². The smallest absolute Gasteiger partial charge is 0.345 e. The summed E-state index contributed by atoms with van der Waals surface area (Å²) in [6, 6.07) is 1.99. The van der Waals surface area contributed by atoms with Crippen LogP contribution in [0.4, 0.5) is 22.0 Å². The molecule has 0 saturated heterocycles. The molecule has 2 nitrogen and oxygen atoms in total. The van der Waals surface area contributed by atoms with E-state index in [1.807, 2.05) is 0 Å². The fourth-order valence-corrected chi connectivity index (χ4v) is 2.29. The van der Waals surface area contributed by atoms with Crippen LogP contribution in [-0.2, 0) is 0 Å². The first-order valence-electron chi connectivity index (χ1n) is 4.69. The van der Waals surface area contributed by atoms with Crippen molar-refractivity contribution in [2.75, 3.05) is 0 Å². The summed E-state index contributed by atoms with van der Waals surface area (Å²) in [5, 5.41) is 8.65. The molecule has 0 saturated carbocycles. The number of benzene rings is 1. The monoisotopic (exact) mass is 294 g/mol. The third kappa shape index (κ3) is 2.07. The van der Waals surface area contributed by atoms with Crippen LogP contribution in [0.15, 0.2) is 12.1 Å². The zero-order valence-electron chi connectivity index (χ0n) is 8.81. The van der Waals surface area contributed by atoms with E-state index < -0.39 is 40.6 Å². The molecule has 0 bridgehead atoms. The lowest BCUT2D eigenvalue weighted by molar-refractivity contribution is 0.0702. The van der Waals surface area contributed by atoms with E-state index >= 15 is 0 Å². The molecule has 0 aliphatic heterocycles. The van der Waals surface area contributed by atoms with Crippen molar-refractivity contribution in [3.05, 3.63) is 46.1 Å². The second-order valence-corrected chi connectivity index (χ2v) is 4.50. The van der Waals surface area contributed by atoms with Crippen molar-refractivity contribution < 1.29 is 31.9 Å². The summed E-state index contributed by atoms with van der Waals surface area (Å²) in [5.74, 6) is -11.7. The van der Waals surface area contributed by atoms with Crippen LogP contribution in [0.25, 0.3) is 10.4 Å². The maximum Gasteiger partial charge on any atom is 0.345 e. The first-order chi connectivity index (χ1) is 8.84. The third-order valence-corrected chi connectivity index (χ3v) is 3.36. The molecule has 2 aromatic rings. The van der Waals surface area contributed by atoms with E-state index in [1.54, 1.807) is 0 Å². The number of thiophene rings is 1. The van der Waals surface area contributed by atoms with E-state index in [1.165, 1.54) is 0 Å². The molecule has 0 amide bonds. The molecule has 100 valence electrons. The molecule has 0 fully saturated rings. The summed E-state index contributed by atoms with van der Waals surface area (Å²) < 4.78 is 65.7. The lowest BCUT2D eigenvalue weighted by Crippen LogP contribution is -2.03. The number of carbonyl (C=O) groups is 1. The van der Waals surface area contributed by atoms with Gasteiger partial charge in [-0.05, 0) is 12.1 Å². The molecule has 1 N–H and O–H groups in total. The molecule has 1 aromatic heterocycles. The van der Waals surface area contributed by atoms with Gasteiger partial charge < -0.3 is 5.11 Å². The van der Waals surface area contributed by atoms with E-state index in [0.29, 0.717) is 11.3 Å². The van der Waals surface area contributed by atoms with Crippen LogP contribution in [0.5, 0.6) is 0 Å². The Balaban J connectivity index is 2.71. The lowest BCUT2D eigenvalue weighted by Gasteiger charge is -2.05. The standard InChI is InChI=1S/C11H3F5O2S/c12-6-5(3-1-2-4(19-3)11(17)18)7(13)9(15)10(16)8(6)14/h1-2H,(H,17,18).